The standard InChI is InChI=1S/C22H24N4O2/c1-15-18(14-23-25-15)22(27)26-12-6-10-20(26)19-9-5-8-17(24-19)13-16-7-3-4-11-21(16)28-2/h3-5,7-9,11,14,20H,6,10,12-13H2,1-2H3,(H,23,25)/t20-/m0/s1. The highest BCUT2D eigenvalue weighted by Gasteiger charge is 2.32. The number of likely N-dealkylation sites (tertiary alicyclic amines) is 1. The Labute approximate surface area is 164 Å². The van der Waals surface area contributed by atoms with Crippen molar-refractivity contribution in [1.82, 2.24) is 20.1 Å². The maximum Gasteiger partial charge on any atom is 0.257 e. The first-order valence-electron chi connectivity index (χ1n) is 9.56. The molecule has 0 aliphatic carbocycles. The lowest BCUT2D eigenvalue weighted by atomic mass is 10.1. The normalized spacial score (nSPS) is 16.4. The molecule has 0 bridgehead atoms. The number of para-hydroxylation sites is 1. The van der Waals surface area contributed by atoms with Crippen LogP contribution in [-0.4, -0.2) is 39.6 Å². The second-order valence-corrected chi connectivity index (χ2v) is 7.11. The number of carbonyl (C=O) groups is 1. The average molecular weight is 376 g/mol. The third-order valence-corrected chi connectivity index (χ3v) is 5.31. The Morgan fingerprint density at radius 2 is 2.11 bits per heavy atom. The van der Waals surface area contributed by atoms with Crippen molar-refractivity contribution in [1.29, 1.82) is 0 Å². The van der Waals surface area contributed by atoms with Gasteiger partial charge in [0.25, 0.3) is 5.91 Å². The van der Waals surface area contributed by atoms with E-state index in [1.54, 1.807) is 13.3 Å². The van der Waals surface area contributed by atoms with Crippen molar-refractivity contribution in [2.24, 2.45) is 0 Å². The van der Waals surface area contributed by atoms with Gasteiger partial charge in [0.05, 0.1) is 30.6 Å². The van der Waals surface area contributed by atoms with Crippen molar-refractivity contribution in [3.05, 3.63) is 76.9 Å². The maximum atomic E-state index is 13.0. The van der Waals surface area contributed by atoms with Crippen molar-refractivity contribution in [3.8, 4) is 5.75 Å². The average Bonchev–Trinajstić information content (AvgIpc) is 3.37. The zero-order chi connectivity index (χ0) is 19.5. The van der Waals surface area contributed by atoms with Gasteiger partial charge in [0.1, 0.15) is 5.75 Å². The number of pyridine rings is 1. The molecule has 0 radical (unpaired) electrons. The molecule has 0 saturated carbocycles. The number of amides is 1. The fourth-order valence-electron chi connectivity index (χ4n) is 3.86. The highest BCUT2D eigenvalue weighted by Crippen LogP contribution is 2.33. The van der Waals surface area contributed by atoms with E-state index in [4.69, 9.17) is 9.72 Å². The zero-order valence-electron chi connectivity index (χ0n) is 16.2. The van der Waals surface area contributed by atoms with Crippen LogP contribution in [0.4, 0.5) is 0 Å². The third-order valence-electron chi connectivity index (χ3n) is 5.31. The monoisotopic (exact) mass is 376 g/mol. The SMILES string of the molecule is COc1ccccc1Cc1cccc([C@@H]2CCCN2C(=O)c2cn[nH]c2C)n1. The predicted octanol–water partition coefficient (Wildman–Crippen LogP) is 3.69. The molecule has 144 valence electrons. The highest BCUT2D eigenvalue weighted by atomic mass is 16.5. The van der Waals surface area contributed by atoms with Gasteiger partial charge in [0.2, 0.25) is 0 Å². The Balaban J connectivity index is 1.58. The molecule has 6 heteroatoms. The topological polar surface area (TPSA) is 71.1 Å². The van der Waals surface area contributed by atoms with Crippen molar-refractivity contribution < 1.29 is 9.53 Å². The molecule has 1 saturated heterocycles. The van der Waals surface area contributed by atoms with Crippen LogP contribution in [0.15, 0.2) is 48.7 Å². The molecule has 1 amide bonds. The molecular weight excluding hydrogens is 352 g/mol. The molecule has 6 nitrogen and oxygen atoms in total. The van der Waals surface area contributed by atoms with Crippen LogP contribution >= 0.6 is 0 Å². The van der Waals surface area contributed by atoms with Crippen molar-refractivity contribution >= 4 is 5.91 Å². The molecule has 0 unspecified atom stereocenters. The number of H-pyrrole nitrogens is 1. The number of hydrogen-bond donors (Lipinski definition) is 1. The number of hydrogen-bond acceptors (Lipinski definition) is 4. The predicted molar refractivity (Wildman–Crippen MR) is 106 cm³/mol. The van der Waals surface area contributed by atoms with E-state index < -0.39 is 0 Å². The number of aryl methyl sites for hydroxylation is 1. The Bertz CT molecular complexity index is 982. The van der Waals surface area contributed by atoms with Crippen LogP contribution in [0.5, 0.6) is 5.75 Å². The molecule has 2 aromatic heterocycles. The number of methoxy groups -OCH3 is 1. The molecule has 1 aliphatic heterocycles. The van der Waals surface area contributed by atoms with Crippen molar-refractivity contribution in [2.75, 3.05) is 13.7 Å². The Hall–Kier alpha value is -3.15. The molecule has 1 aromatic carbocycles. The van der Waals surface area contributed by atoms with Crippen molar-refractivity contribution in [3.63, 3.8) is 0 Å². The number of nitrogens with zero attached hydrogens (tertiary/aromatic N) is 3. The summed E-state index contributed by atoms with van der Waals surface area (Å²) in [6.45, 7) is 2.62. The van der Waals surface area contributed by atoms with Crippen LogP contribution < -0.4 is 4.74 Å². The van der Waals surface area contributed by atoms with E-state index >= 15 is 0 Å². The Morgan fingerprint density at radius 1 is 1.25 bits per heavy atom. The van der Waals surface area contributed by atoms with E-state index in [1.165, 1.54) is 0 Å². The van der Waals surface area contributed by atoms with Gasteiger partial charge in [-0.2, -0.15) is 5.10 Å². The Kier molecular flexibility index (Phi) is 5.10. The molecule has 3 heterocycles. The minimum atomic E-state index is -0.000538. The summed E-state index contributed by atoms with van der Waals surface area (Å²) < 4.78 is 5.46. The van der Waals surface area contributed by atoms with Crippen LogP contribution in [0, 0.1) is 6.92 Å². The van der Waals surface area contributed by atoms with Crippen LogP contribution in [0.25, 0.3) is 0 Å². The molecule has 1 aliphatic rings. The van der Waals surface area contributed by atoms with Gasteiger partial charge in [-0.25, -0.2) is 0 Å². The van der Waals surface area contributed by atoms with Crippen LogP contribution in [0.1, 0.15) is 51.9 Å². The second-order valence-electron chi connectivity index (χ2n) is 7.11. The molecule has 3 aromatic rings. The molecule has 1 fully saturated rings. The lowest BCUT2D eigenvalue weighted by Gasteiger charge is -2.24. The lowest BCUT2D eigenvalue weighted by molar-refractivity contribution is 0.0732. The fraction of sp³-hybridized carbons (Fsp3) is 0.318. The number of benzene rings is 1. The van der Waals surface area contributed by atoms with E-state index in [2.05, 4.69) is 16.3 Å². The van der Waals surface area contributed by atoms with Crippen LogP contribution in [0.2, 0.25) is 0 Å². The summed E-state index contributed by atoms with van der Waals surface area (Å²) in [6.07, 6.45) is 4.21. The summed E-state index contributed by atoms with van der Waals surface area (Å²) in [7, 11) is 1.68. The first-order valence-corrected chi connectivity index (χ1v) is 9.56. The van der Waals surface area contributed by atoms with E-state index in [0.29, 0.717) is 12.0 Å². The molecule has 1 atom stereocenters. The third kappa shape index (κ3) is 3.50. The molecule has 1 N–H and O–H groups in total. The molecular formula is C22H24N4O2. The summed E-state index contributed by atoms with van der Waals surface area (Å²) >= 11 is 0. The Morgan fingerprint density at radius 3 is 2.89 bits per heavy atom. The van der Waals surface area contributed by atoms with E-state index in [0.717, 1.165) is 47.8 Å². The number of aromatic amines is 1. The van der Waals surface area contributed by atoms with Gasteiger partial charge in [0, 0.05) is 29.9 Å². The summed E-state index contributed by atoms with van der Waals surface area (Å²) in [6, 6.07) is 14.1. The molecule has 0 spiro atoms. The lowest BCUT2D eigenvalue weighted by Crippen LogP contribution is -2.31. The quantitative estimate of drug-likeness (QED) is 0.737. The highest BCUT2D eigenvalue weighted by molar-refractivity contribution is 5.95. The number of carbonyl (C=O) groups excluding carboxylic acids is 1. The van der Waals surface area contributed by atoms with Gasteiger partial charge in [-0.1, -0.05) is 24.3 Å². The summed E-state index contributed by atoms with van der Waals surface area (Å²) in [5.74, 6) is 0.883. The summed E-state index contributed by atoms with van der Waals surface area (Å²) in [5, 5.41) is 6.84. The molecule has 4 rings (SSSR count). The number of rotatable bonds is 5. The van der Waals surface area contributed by atoms with Gasteiger partial charge >= 0.3 is 0 Å². The van der Waals surface area contributed by atoms with E-state index in [1.807, 2.05) is 48.2 Å². The van der Waals surface area contributed by atoms with Gasteiger partial charge in [0.15, 0.2) is 0 Å². The van der Waals surface area contributed by atoms with Gasteiger partial charge < -0.3 is 9.64 Å². The van der Waals surface area contributed by atoms with Gasteiger partial charge in [-0.3, -0.25) is 14.9 Å². The van der Waals surface area contributed by atoms with Gasteiger partial charge in [-0.05, 0) is 38.0 Å². The number of aromatic nitrogens is 3. The van der Waals surface area contributed by atoms with Crippen LogP contribution in [0.3, 0.4) is 0 Å². The van der Waals surface area contributed by atoms with Gasteiger partial charge in [-0.15, -0.1) is 0 Å². The first-order chi connectivity index (χ1) is 13.7. The van der Waals surface area contributed by atoms with E-state index in [-0.39, 0.29) is 11.9 Å². The van der Waals surface area contributed by atoms with E-state index in [9.17, 15) is 4.79 Å². The first kappa shape index (κ1) is 18.2. The second kappa shape index (κ2) is 7.84. The largest absolute Gasteiger partial charge is 0.496 e. The number of nitrogens with one attached hydrogen (secondary N) is 1. The summed E-state index contributed by atoms with van der Waals surface area (Å²) in [5.41, 5.74) is 4.45. The maximum absolute atomic E-state index is 13.0. The number of ether oxygens (including phenoxy) is 1. The van der Waals surface area contributed by atoms with Crippen LogP contribution in [-0.2, 0) is 6.42 Å². The zero-order valence-corrected chi connectivity index (χ0v) is 16.2. The van der Waals surface area contributed by atoms with Crippen molar-refractivity contribution in [2.45, 2.75) is 32.2 Å². The minimum Gasteiger partial charge on any atom is -0.496 e. The minimum absolute atomic E-state index is 0.000538. The molecule has 28 heavy (non-hydrogen) atoms. The fourth-order valence-corrected chi connectivity index (χ4v) is 3.86. The summed E-state index contributed by atoms with van der Waals surface area (Å²) in [4.78, 5) is 19.8. The smallest absolute Gasteiger partial charge is 0.257 e.